The molecule has 1 aromatic heterocycles. The fourth-order valence-electron chi connectivity index (χ4n) is 1.88. The van der Waals surface area contributed by atoms with Crippen molar-refractivity contribution in [2.45, 2.75) is 13.8 Å². The highest BCUT2D eigenvalue weighted by Crippen LogP contribution is 2.24. The maximum Gasteiger partial charge on any atom is 0.282 e. The first-order valence-corrected chi connectivity index (χ1v) is 6.02. The van der Waals surface area contributed by atoms with Gasteiger partial charge in [0.1, 0.15) is 5.56 Å². The lowest BCUT2D eigenvalue weighted by Crippen LogP contribution is -2.16. The first kappa shape index (κ1) is 14.5. The fraction of sp³-hybridized carbons (Fsp3) is 0.167. The third-order valence-electron chi connectivity index (χ3n) is 2.97. The van der Waals surface area contributed by atoms with Crippen LogP contribution in [0.15, 0.2) is 18.2 Å². The number of benzene rings is 1. The average molecular weight is 290 g/mol. The number of nitro benzene ring substituents is 1. The van der Waals surface area contributed by atoms with E-state index >= 15 is 0 Å². The number of hydrogen-bond donors (Lipinski definition) is 4. The first-order valence-electron chi connectivity index (χ1n) is 6.02. The lowest BCUT2D eigenvalue weighted by molar-refractivity contribution is -0.385. The number of nitro groups is 1. The second-order valence-corrected chi connectivity index (χ2v) is 4.40. The number of aryl methyl sites for hydroxylation is 2. The van der Waals surface area contributed by atoms with Crippen LogP contribution in [-0.2, 0) is 0 Å². The van der Waals surface area contributed by atoms with Crippen LogP contribution in [0.5, 0.6) is 0 Å². The Kier molecular flexibility index (Phi) is 3.85. The number of nitrogens with two attached hydrogens (primary N) is 1. The summed E-state index contributed by atoms with van der Waals surface area (Å²) in [6.45, 7) is 3.45. The van der Waals surface area contributed by atoms with Crippen LogP contribution in [0.1, 0.15) is 21.7 Å². The van der Waals surface area contributed by atoms with Crippen molar-refractivity contribution in [2.24, 2.45) is 5.84 Å². The largest absolute Gasteiger partial charge is 0.324 e. The molecule has 0 atom stereocenters. The lowest BCUT2D eigenvalue weighted by Gasteiger charge is -2.08. The van der Waals surface area contributed by atoms with Gasteiger partial charge in [0, 0.05) is 11.8 Å². The molecular weight excluding hydrogens is 276 g/mol. The van der Waals surface area contributed by atoms with Crippen molar-refractivity contribution in [1.82, 2.24) is 10.2 Å². The van der Waals surface area contributed by atoms with Crippen LogP contribution < -0.4 is 16.6 Å². The van der Waals surface area contributed by atoms with Crippen molar-refractivity contribution in [2.75, 3.05) is 10.7 Å². The van der Waals surface area contributed by atoms with E-state index < -0.39 is 10.8 Å². The molecule has 1 aromatic carbocycles. The van der Waals surface area contributed by atoms with Crippen LogP contribution in [0, 0.1) is 24.0 Å². The van der Waals surface area contributed by atoms with Crippen molar-refractivity contribution < 1.29 is 9.72 Å². The topological polar surface area (TPSA) is 139 Å². The predicted molar refractivity (Wildman–Crippen MR) is 76.9 cm³/mol. The molecule has 0 aliphatic rings. The Balaban J connectivity index is 2.40. The minimum absolute atomic E-state index is 0.0875. The number of H-pyrrole nitrogens is 1. The normalized spacial score (nSPS) is 10.2. The number of aromatic amines is 1. The molecule has 2 rings (SSSR count). The number of carbonyl (C=O) groups excluding carboxylic acids is 1. The van der Waals surface area contributed by atoms with Gasteiger partial charge in [-0.05, 0) is 26.0 Å². The summed E-state index contributed by atoms with van der Waals surface area (Å²) in [5.41, 5.74) is 4.11. The molecule has 0 spiro atoms. The zero-order valence-electron chi connectivity index (χ0n) is 11.4. The summed E-state index contributed by atoms with van der Waals surface area (Å²) in [6.07, 6.45) is 0. The van der Waals surface area contributed by atoms with Gasteiger partial charge in [0.25, 0.3) is 11.6 Å². The Hall–Kier alpha value is -2.94. The molecule has 110 valence electrons. The molecule has 0 aliphatic heterocycles. The predicted octanol–water partition coefficient (Wildman–Crippen LogP) is 1.47. The SMILES string of the molecule is Cc1n[nH]c(C)c1NC(=O)c1cc(NN)ccc1[N+](=O)[O-]. The van der Waals surface area contributed by atoms with E-state index in [2.05, 4.69) is 20.9 Å². The van der Waals surface area contributed by atoms with Gasteiger partial charge >= 0.3 is 0 Å². The second kappa shape index (κ2) is 5.59. The van der Waals surface area contributed by atoms with Gasteiger partial charge in [-0.1, -0.05) is 0 Å². The smallest absolute Gasteiger partial charge is 0.282 e. The number of carbonyl (C=O) groups is 1. The van der Waals surface area contributed by atoms with E-state index in [0.29, 0.717) is 22.8 Å². The number of anilines is 2. The van der Waals surface area contributed by atoms with Crippen molar-refractivity contribution in [3.63, 3.8) is 0 Å². The van der Waals surface area contributed by atoms with Crippen LogP contribution in [0.3, 0.4) is 0 Å². The van der Waals surface area contributed by atoms with E-state index in [9.17, 15) is 14.9 Å². The van der Waals surface area contributed by atoms with Crippen molar-refractivity contribution in [3.8, 4) is 0 Å². The van der Waals surface area contributed by atoms with Crippen molar-refractivity contribution >= 4 is 23.0 Å². The molecule has 1 heterocycles. The molecule has 5 N–H and O–H groups in total. The van der Waals surface area contributed by atoms with Crippen molar-refractivity contribution in [1.29, 1.82) is 0 Å². The molecule has 0 bridgehead atoms. The summed E-state index contributed by atoms with van der Waals surface area (Å²) in [5, 5.41) is 20.3. The van der Waals surface area contributed by atoms with Gasteiger partial charge in [0.15, 0.2) is 0 Å². The monoisotopic (exact) mass is 290 g/mol. The van der Waals surface area contributed by atoms with Crippen LogP contribution >= 0.6 is 0 Å². The zero-order chi connectivity index (χ0) is 15.6. The van der Waals surface area contributed by atoms with E-state index in [-0.39, 0.29) is 11.3 Å². The summed E-state index contributed by atoms with van der Waals surface area (Å²) in [7, 11) is 0. The van der Waals surface area contributed by atoms with Crippen LogP contribution in [0.2, 0.25) is 0 Å². The molecule has 0 saturated heterocycles. The Morgan fingerprint density at radius 1 is 1.43 bits per heavy atom. The number of nitrogen functional groups attached to an aromatic ring is 1. The van der Waals surface area contributed by atoms with E-state index in [0.717, 1.165) is 0 Å². The summed E-state index contributed by atoms with van der Waals surface area (Å²) >= 11 is 0. The zero-order valence-corrected chi connectivity index (χ0v) is 11.4. The van der Waals surface area contributed by atoms with Crippen LogP contribution in [0.25, 0.3) is 0 Å². The van der Waals surface area contributed by atoms with E-state index in [4.69, 9.17) is 5.84 Å². The van der Waals surface area contributed by atoms with Gasteiger partial charge in [0.05, 0.1) is 22.0 Å². The molecule has 0 unspecified atom stereocenters. The Bertz CT molecular complexity index is 690. The molecule has 9 heteroatoms. The minimum atomic E-state index is -0.621. The first-order chi connectivity index (χ1) is 9.93. The Morgan fingerprint density at radius 2 is 2.14 bits per heavy atom. The number of hydrogen-bond acceptors (Lipinski definition) is 6. The third-order valence-corrected chi connectivity index (χ3v) is 2.97. The Labute approximate surface area is 119 Å². The number of hydrazine groups is 1. The molecule has 1 amide bonds. The number of aromatic nitrogens is 2. The van der Waals surface area contributed by atoms with Gasteiger partial charge in [-0.3, -0.25) is 25.9 Å². The number of amides is 1. The third kappa shape index (κ3) is 2.82. The summed E-state index contributed by atoms with van der Waals surface area (Å²) < 4.78 is 0. The van der Waals surface area contributed by atoms with Gasteiger partial charge in [-0.2, -0.15) is 5.10 Å². The molecule has 21 heavy (non-hydrogen) atoms. The molecule has 0 fully saturated rings. The summed E-state index contributed by atoms with van der Waals surface area (Å²) in [6, 6.07) is 3.96. The number of nitrogens with one attached hydrogen (secondary N) is 3. The highest BCUT2D eigenvalue weighted by atomic mass is 16.6. The summed E-state index contributed by atoms with van der Waals surface area (Å²) in [4.78, 5) is 22.7. The molecule has 0 saturated carbocycles. The van der Waals surface area contributed by atoms with Crippen LogP contribution in [-0.4, -0.2) is 21.0 Å². The highest BCUT2D eigenvalue weighted by Gasteiger charge is 2.22. The molecule has 9 nitrogen and oxygen atoms in total. The minimum Gasteiger partial charge on any atom is -0.324 e. The standard InChI is InChI=1S/C12H14N6O3/c1-6-11(7(2)17-16-6)14-12(19)9-5-8(15-13)3-4-10(9)18(20)21/h3-5,15H,13H2,1-2H3,(H,14,19)(H,16,17). The van der Waals surface area contributed by atoms with Crippen molar-refractivity contribution in [3.05, 3.63) is 45.3 Å². The summed E-state index contributed by atoms with van der Waals surface area (Å²) in [5.74, 6) is 4.66. The highest BCUT2D eigenvalue weighted by molar-refractivity contribution is 6.08. The lowest BCUT2D eigenvalue weighted by atomic mass is 10.1. The molecule has 0 aliphatic carbocycles. The quantitative estimate of drug-likeness (QED) is 0.382. The fourth-order valence-corrected chi connectivity index (χ4v) is 1.88. The molecule has 0 radical (unpaired) electrons. The van der Waals surface area contributed by atoms with E-state index in [1.54, 1.807) is 13.8 Å². The van der Waals surface area contributed by atoms with E-state index in [1.807, 2.05) is 0 Å². The van der Waals surface area contributed by atoms with Gasteiger partial charge < -0.3 is 10.7 Å². The molecular formula is C12H14N6O3. The maximum absolute atomic E-state index is 12.3. The van der Waals surface area contributed by atoms with Gasteiger partial charge in [0.2, 0.25) is 0 Å². The van der Waals surface area contributed by atoms with Gasteiger partial charge in [-0.15, -0.1) is 0 Å². The van der Waals surface area contributed by atoms with E-state index in [1.165, 1.54) is 18.2 Å². The Morgan fingerprint density at radius 3 is 2.67 bits per heavy atom. The number of nitrogens with zero attached hydrogens (tertiary/aromatic N) is 2. The maximum atomic E-state index is 12.3. The second-order valence-electron chi connectivity index (χ2n) is 4.40. The number of rotatable bonds is 4. The van der Waals surface area contributed by atoms with Crippen LogP contribution in [0.4, 0.5) is 17.1 Å². The van der Waals surface area contributed by atoms with Gasteiger partial charge in [-0.25, -0.2) is 0 Å². The average Bonchev–Trinajstić information content (AvgIpc) is 2.78. The molecule has 2 aromatic rings.